The summed E-state index contributed by atoms with van der Waals surface area (Å²) in [6, 6.07) is 39.0. The van der Waals surface area contributed by atoms with E-state index in [1.807, 2.05) is 22.7 Å². The number of hydrogen-bond donors (Lipinski definition) is 0. The summed E-state index contributed by atoms with van der Waals surface area (Å²) in [4.78, 5) is 5.24. The van der Waals surface area contributed by atoms with Gasteiger partial charge in [0.15, 0.2) is 0 Å². The Morgan fingerprint density at radius 2 is 0.571 bits per heavy atom. The van der Waals surface area contributed by atoms with E-state index in [2.05, 4.69) is 109 Å². The van der Waals surface area contributed by atoms with Gasteiger partial charge in [-0.15, -0.1) is 22.7 Å². The Kier molecular flexibility index (Phi) is 4.66. The molecule has 0 fully saturated rings. The molecule has 28 heavy (non-hydrogen) atoms. The second kappa shape index (κ2) is 7.59. The minimum atomic E-state index is 1.27. The van der Waals surface area contributed by atoms with E-state index in [4.69, 9.17) is 0 Å². The zero-order valence-corrected chi connectivity index (χ0v) is 16.8. The van der Waals surface area contributed by atoms with Crippen LogP contribution in [0.5, 0.6) is 0 Å². The van der Waals surface area contributed by atoms with Crippen molar-refractivity contribution in [2.24, 2.45) is 0 Å². The molecule has 0 radical (unpaired) electrons. The highest BCUT2D eigenvalue weighted by atomic mass is 32.1. The molecule has 0 bridgehead atoms. The molecule has 5 aromatic rings. The van der Waals surface area contributed by atoms with Gasteiger partial charge in [0, 0.05) is 19.5 Å². The predicted molar refractivity (Wildman–Crippen MR) is 124 cm³/mol. The van der Waals surface area contributed by atoms with Crippen molar-refractivity contribution in [3.8, 4) is 41.8 Å². The van der Waals surface area contributed by atoms with E-state index < -0.39 is 0 Å². The molecule has 2 heterocycles. The molecule has 0 amide bonds. The van der Waals surface area contributed by atoms with Crippen molar-refractivity contribution in [3.05, 3.63) is 109 Å². The molecule has 2 aromatic heterocycles. The molecule has 0 aliphatic heterocycles. The number of rotatable bonds is 4. The van der Waals surface area contributed by atoms with Gasteiger partial charge >= 0.3 is 0 Å². The Hall–Kier alpha value is -2.94. The van der Waals surface area contributed by atoms with Crippen LogP contribution in [0.3, 0.4) is 0 Å². The topological polar surface area (TPSA) is 0 Å². The first-order chi connectivity index (χ1) is 13.9. The first kappa shape index (κ1) is 17.2. The third-order valence-electron chi connectivity index (χ3n) is 4.78. The molecule has 0 aliphatic rings. The van der Waals surface area contributed by atoms with Crippen LogP contribution in [0.25, 0.3) is 41.8 Å². The summed E-state index contributed by atoms with van der Waals surface area (Å²) in [6.45, 7) is 0. The van der Waals surface area contributed by atoms with Crippen molar-refractivity contribution in [2.75, 3.05) is 0 Å². The molecule has 0 atom stereocenters. The molecule has 0 saturated carbocycles. The summed E-state index contributed by atoms with van der Waals surface area (Å²) in [7, 11) is 0. The van der Waals surface area contributed by atoms with Gasteiger partial charge in [0.25, 0.3) is 0 Å². The number of thiophene rings is 2. The van der Waals surface area contributed by atoms with Crippen LogP contribution >= 0.6 is 22.7 Å². The van der Waals surface area contributed by atoms with Crippen LogP contribution in [0.2, 0.25) is 0 Å². The summed E-state index contributed by atoms with van der Waals surface area (Å²) >= 11 is 3.69. The third-order valence-corrected chi connectivity index (χ3v) is 7.15. The molecular weight excluding hydrogens is 376 g/mol. The predicted octanol–water partition coefficient (Wildman–Crippen LogP) is 8.48. The van der Waals surface area contributed by atoms with Gasteiger partial charge < -0.3 is 0 Å². The first-order valence-corrected chi connectivity index (χ1v) is 10.9. The van der Waals surface area contributed by atoms with E-state index in [9.17, 15) is 0 Å². The summed E-state index contributed by atoms with van der Waals surface area (Å²) in [5.41, 5.74) is 5.11. The highest BCUT2D eigenvalue weighted by Gasteiger charge is 2.07. The van der Waals surface area contributed by atoms with E-state index >= 15 is 0 Å². The fourth-order valence-electron chi connectivity index (χ4n) is 3.30. The van der Waals surface area contributed by atoms with Gasteiger partial charge in [0.2, 0.25) is 0 Å². The molecule has 0 nitrogen and oxygen atoms in total. The Balaban J connectivity index is 1.40. The van der Waals surface area contributed by atoms with Gasteiger partial charge in [-0.25, -0.2) is 0 Å². The molecule has 5 rings (SSSR count). The van der Waals surface area contributed by atoms with Crippen molar-refractivity contribution < 1.29 is 0 Å². The van der Waals surface area contributed by atoms with Gasteiger partial charge in [0.05, 0.1) is 0 Å². The zero-order chi connectivity index (χ0) is 18.8. The van der Waals surface area contributed by atoms with Crippen LogP contribution in [-0.4, -0.2) is 0 Å². The van der Waals surface area contributed by atoms with Crippen LogP contribution < -0.4 is 0 Å². The summed E-state index contributed by atoms with van der Waals surface area (Å²) in [5, 5.41) is 0. The van der Waals surface area contributed by atoms with Crippen molar-refractivity contribution in [1.82, 2.24) is 0 Å². The van der Waals surface area contributed by atoms with Crippen LogP contribution in [0.15, 0.2) is 109 Å². The van der Waals surface area contributed by atoms with E-state index in [1.165, 1.54) is 41.8 Å². The number of benzene rings is 3. The SMILES string of the molecule is c1ccc(-c2ccc(-c3ccc(-c4ccc(-c5ccccc5)s4)cc3)s2)cc1. The second-order valence-corrected chi connectivity index (χ2v) is 8.80. The van der Waals surface area contributed by atoms with E-state index in [-0.39, 0.29) is 0 Å². The Labute approximate surface area is 173 Å². The standard InChI is InChI=1S/C26H18S2/c1-3-7-19(8-4-1)23-15-17-25(27-23)21-11-13-22(14-12-21)26-18-16-24(28-26)20-9-5-2-6-10-20/h1-18H. The average Bonchev–Trinajstić information content (AvgIpc) is 3.46. The normalized spacial score (nSPS) is 10.9. The van der Waals surface area contributed by atoms with E-state index in [0.29, 0.717) is 0 Å². The van der Waals surface area contributed by atoms with Crippen LogP contribution in [-0.2, 0) is 0 Å². The van der Waals surface area contributed by atoms with Gasteiger partial charge in [-0.2, -0.15) is 0 Å². The van der Waals surface area contributed by atoms with Gasteiger partial charge in [-0.3, -0.25) is 0 Å². The first-order valence-electron chi connectivity index (χ1n) is 9.28. The van der Waals surface area contributed by atoms with Gasteiger partial charge in [-0.05, 0) is 46.5 Å². The molecule has 0 N–H and O–H groups in total. The Morgan fingerprint density at radius 1 is 0.286 bits per heavy atom. The maximum Gasteiger partial charge on any atom is 0.0349 e. The summed E-state index contributed by atoms with van der Waals surface area (Å²) < 4.78 is 0. The maximum atomic E-state index is 2.23. The number of hydrogen-bond acceptors (Lipinski definition) is 2. The van der Waals surface area contributed by atoms with Crippen LogP contribution in [0.1, 0.15) is 0 Å². The van der Waals surface area contributed by atoms with E-state index in [1.54, 1.807) is 0 Å². The van der Waals surface area contributed by atoms with Crippen molar-refractivity contribution in [2.45, 2.75) is 0 Å². The molecule has 0 saturated heterocycles. The van der Waals surface area contributed by atoms with Crippen molar-refractivity contribution in [3.63, 3.8) is 0 Å². The lowest BCUT2D eigenvalue weighted by molar-refractivity contribution is 1.68. The molecular formula is C26H18S2. The smallest absolute Gasteiger partial charge is 0.0349 e. The molecule has 134 valence electrons. The summed E-state index contributed by atoms with van der Waals surface area (Å²) in [5.74, 6) is 0. The van der Waals surface area contributed by atoms with Crippen molar-refractivity contribution in [1.29, 1.82) is 0 Å². The minimum absolute atomic E-state index is 1.27. The van der Waals surface area contributed by atoms with E-state index in [0.717, 1.165) is 0 Å². The minimum Gasteiger partial charge on any atom is -0.135 e. The third kappa shape index (κ3) is 3.45. The van der Waals surface area contributed by atoms with Crippen molar-refractivity contribution >= 4 is 22.7 Å². The van der Waals surface area contributed by atoms with Gasteiger partial charge in [0.1, 0.15) is 0 Å². The van der Waals surface area contributed by atoms with Gasteiger partial charge in [-0.1, -0.05) is 84.9 Å². The molecule has 0 aliphatic carbocycles. The maximum absolute atomic E-state index is 2.23. The lowest BCUT2D eigenvalue weighted by atomic mass is 10.1. The fraction of sp³-hybridized carbons (Fsp3) is 0. The average molecular weight is 395 g/mol. The molecule has 0 spiro atoms. The Bertz CT molecular complexity index is 1080. The zero-order valence-electron chi connectivity index (χ0n) is 15.2. The summed E-state index contributed by atoms with van der Waals surface area (Å²) in [6.07, 6.45) is 0. The largest absolute Gasteiger partial charge is 0.135 e. The fourth-order valence-corrected chi connectivity index (χ4v) is 5.33. The Morgan fingerprint density at radius 3 is 0.893 bits per heavy atom. The lowest BCUT2D eigenvalue weighted by Gasteiger charge is -2.01. The lowest BCUT2D eigenvalue weighted by Crippen LogP contribution is -1.74. The molecule has 2 heteroatoms. The highest BCUT2D eigenvalue weighted by Crippen LogP contribution is 2.37. The second-order valence-electron chi connectivity index (χ2n) is 6.64. The van der Waals surface area contributed by atoms with Crippen LogP contribution in [0, 0.1) is 0 Å². The quantitative estimate of drug-likeness (QED) is 0.287. The van der Waals surface area contributed by atoms with Crippen LogP contribution in [0.4, 0.5) is 0 Å². The molecule has 3 aromatic carbocycles. The monoisotopic (exact) mass is 394 g/mol. The highest BCUT2D eigenvalue weighted by molar-refractivity contribution is 7.19. The molecule has 0 unspecified atom stereocenters.